The minimum absolute atomic E-state index is 0.0616. The van der Waals surface area contributed by atoms with E-state index in [1.165, 1.54) is 35.0 Å². The Balaban J connectivity index is 1.63. The number of para-hydroxylation sites is 1. The average Bonchev–Trinajstić information content (AvgIpc) is 3.10. The SMILES string of the molecule is Cc1ccc(NC(=O)Cn2cc(S(=O)(=O)Cc3cccc(F)c3)c3ccccc32)cc1F. The number of rotatable bonds is 6. The maximum absolute atomic E-state index is 13.8. The zero-order valence-electron chi connectivity index (χ0n) is 17.2. The molecule has 1 heterocycles. The summed E-state index contributed by atoms with van der Waals surface area (Å²) in [5.74, 6) is -1.74. The number of hydrogen-bond acceptors (Lipinski definition) is 3. The van der Waals surface area contributed by atoms with E-state index in [1.807, 2.05) is 0 Å². The second-order valence-corrected chi connectivity index (χ2v) is 9.50. The van der Waals surface area contributed by atoms with Crippen molar-refractivity contribution < 1.29 is 22.0 Å². The Kier molecular flexibility index (Phi) is 5.80. The highest BCUT2D eigenvalue weighted by Gasteiger charge is 2.22. The van der Waals surface area contributed by atoms with E-state index >= 15 is 0 Å². The number of benzene rings is 3. The first kappa shape index (κ1) is 21.7. The Morgan fingerprint density at radius 3 is 2.53 bits per heavy atom. The third kappa shape index (κ3) is 4.55. The number of nitrogens with one attached hydrogen (secondary N) is 1. The number of aryl methyl sites for hydroxylation is 1. The Morgan fingerprint density at radius 2 is 1.78 bits per heavy atom. The smallest absolute Gasteiger partial charge is 0.244 e. The van der Waals surface area contributed by atoms with Gasteiger partial charge in [0, 0.05) is 22.8 Å². The number of carbonyl (C=O) groups excluding carboxylic acids is 1. The van der Waals surface area contributed by atoms with E-state index in [4.69, 9.17) is 0 Å². The van der Waals surface area contributed by atoms with Gasteiger partial charge in [0.05, 0.1) is 10.6 Å². The van der Waals surface area contributed by atoms with Gasteiger partial charge in [0.25, 0.3) is 0 Å². The van der Waals surface area contributed by atoms with Gasteiger partial charge in [0.2, 0.25) is 5.91 Å². The van der Waals surface area contributed by atoms with Crippen molar-refractivity contribution in [2.24, 2.45) is 0 Å². The van der Waals surface area contributed by atoms with Crippen LogP contribution in [0.25, 0.3) is 10.9 Å². The van der Waals surface area contributed by atoms with Gasteiger partial charge in [0.1, 0.15) is 18.2 Å². The molecule has 1 N–H and O–H groups in total. The highest BCUT2D eigenvalue weighted by Crippen LogP contribution is 2.28. The summed E-state index contributed by atoms with van der Waals surface area (Å²) in [6, 6.07) is 16.7. The minimum Gasteiger partial charge on any atom is -0.337 e. The summed E-state index contributed by atoms with van der Waals surface area (Å²) in [5.41, 5.74) is 1.68. The Labute approximate surface area is 184 Å². The van der Waals surface area contributed by atoms with Gasteiger partial charge in [-0.1, -0.05) is 36.4 Å². The molecule has 0 spiro atoms. The van der Waals surface area contributed by atoms with Gasteiger partial charge < -0.3 is 9.88 Å². The van der Waals surface area contributed by atoms with Crippen molar-refractivity contribution in [3.05, 3.63) is 95.7 Å². The fourth-order valence-electron chi connectivity index (χ4n) is 3.54. The fraction of sp³-hybridized carbons (Fsp3) is 0.125. The third-order valence-electron chi connectivity index (χ3n) is 5.10. The standard InChI is InChI=1S/C24H20F2N2O3S/c1-16-9-10-19(12-21(16)26)27-24(29)14-28-13-23(20-7-2-3-8-22(20)28)32(30,31)15-17-5-4-6-18(25)11-17/h2-13H,14-15H2,1H3,(H,27,29). The Morgan fingerprint density at radius 1 is 1.00 bits per heavy atom. The first-order chi connectivity index (χ1) is 15.2. The molecule has 32 heavy (non-hydrogen) atoms. The van der Waals surface area contributed by atoms with Crippen LogP contribution in [0.5, 0.6) is 0 Å². The Bertz CT molecular complexity index is 1430. The monoisotopic (exact) mass is 454 g/mol. The lowest BCUT2D eigenvalue weighted by Crippen LogP contribution is -2.18. The van der Waals surface area contributed by atoms with Crippen LogP contribution < -0.4 is 5.32 Å². The molecule has 0 aliphatic rings. The highest BCUT2D eigenvalue weighted by molar-refractivity contribution is 7.90. The number of fused-ring (bicyclic) bond motifs is 1. The van der Waals surface area contributed by atoms with Gasteiger partial charge in [-0.05, 0) is 48.4 Å². The fourth-order valence-corrected chi connectivity index (χ4v) is 5.11. The van der Waals surface area contributed by atoms with E-state index in [1.54, 1.807) is 49.4 Å². The number of halogens is 2. The van der Waals surface area contributed by atoms with Crippen molar-refractivity contribution in [2.75, 3.05) is 5.32 Å². The number of anilines is 1. The second-order valence-electron chi connectivity index (χ2n) is 7.54. The molecule has 0 bridgehead atoms. The summed E-state index contributed by atoms with van der Waals surface area (Å²) in [5, 5.41) is 3.10. The van der Waals surface area contributed by atoms with E-state index in [2.05, 4.69) is 5.32 Å². The topological polar surface area (TPSA) is 68.2 Å². The lowest BCUT2D eigenvalue weighted by atomic mass is 10.2. The Hall–Kier alpha value is -3.52. The molecule has 0 aliphatic heterocycles. The van der Waals surface area contributed by atoms with Gasteiger partial charge >= 0.3 is 0 Å². The van der Waals surface area contributed by atoms with Gasteiger partial charge in [-0.15, -0.1) is 0 Å². The van der Waals surface area contributed by atoms with Crippen LogP contribution in [0.4, 0.5) is 14.5 Å². The van der Waals surface area contributed by atoms with E-state index in [-0.39, 0.29) is 17.2 Å². The summed E-state index contributed by atoms with van der Waals surface area (Å²) in [4.78, 5) is 12.6. The van der Waals surface area contributed by atoms with Crippen molar-refractivity contribution in [3.8, 4) is 0 Å². The number of hydrogen-bond donors (Lipinski definition) is 1. The lowest BCUT2D eigenvalue weighted by Gasteiger charge is -2.08. The number of amides is 1. The van der Waals surface area contributed by atoms with Crippen LogP contribution in [-0.4, -0.2) is 18.9 Å². The summed E-state index contributed by atoms with van der Waals surface area (Å²) in [7, 11) is -3.81. The van der Waals surface area contributed by atoms with Crippen molar-refractivity contribution in [3.63, 3.8) is 0 Å². The molecule has 0 atom stereocenters. The zero-order valence-corrected chi connectivity index (χ0v) is 18.0. The largest absolute Gasteiger partial charge is 0.337 e. The summed E-state index contributed by atoms with van der Waals surface area (Å²) >= 11 is 0. The quantitative estimate of drug-likeness (QED) is 0.453. The summed E-state index contributed by atoms with van der Waals surface area (Å²) in [6.45, 7) is 1.46. The molecule has 164 valence electrons. The molecule has 3 aromatic carbocycles. The van der Waals surface area contributed by atoms with E-state index in [0.29, 0.717) is 27.7 Å². The summed E-state index contributed by atoms with van der Waals surface area (Å²) in [6.07, 6.45) is 1.41. The molecule has 0 saturated carbocycles. The molecule has 5 nitrogen and oxygen atoms in total. The van der Waals surface area contributed by atoms with Gasteiger partial charge in [0.15, 0.2) is 9.84 Å². The van der Waals surface area contributed by atoms with Crippen LogP contribution in [0, 0.1) is 18.6 Å². The van der Waals surface area contributed by atoms with Crippen LogP contribution in [-0.2, 0) is 26.9 Å². The minimum atomic E-state index is -3.81. The molecule has 4 rings (SSSR count). The van der Waals surface area contributed by atoms with Gasteiger partial charge in [-0.3, -0.25) is 4.79 Å². The molecule has 8 heteroatoms. The normalized spacial score (nSPS) is 11.6. The predicted octanol–water partition coefficient (Wildman–Crippen LogP) is 4.84. The van der Waals surface area contributed by atoms with E-state index in [9.17, 15) is 22.0 Å². The predicted molar refractivity (Wildman–Crippen MR) is 119 cm³/mol. The molecular formula is C24H20F2N2O3S. The maximum atomic E-state index is 13.8. The van der Waals surface area contributed by atoms with Crippen LogP contribution in [0.3, 0.4) is 0 Å². The number of carbonyl (C=O) groups is 1. The van der Waals surface area contributed by atoms with Crippen molar-refractivity contribution >= 4 is 32.3 Å². The van der Waals surface area contributed by atoms with Crippen LogP contribution in [0.1, 0.15) is 11.1 Å². The van der Waals surface area contributed by atoms with E-state index in [0.717, 1.165) is 0 Å². The molecule has 0 saturated heterocycles. The van der Waals surface area contributed by atoms with E-state index < -0.39 is 27.4 Å². The lowest BCUT2D eigenvalue weighted by molar-refractivity contribution is -0.116. The third-order valence-corrected chi connectivity index (χ3v) is 6.81. The summed E-state index contributed by atoms with van der Waals surface area (Å²) < 4.78 is 55.0. The van der Waals surface area contributed by atoms with Gasteiger partial charge in [-0.2, -0.15) is 0 Å². The van der Waals surface area contributed by atoms with Crippen LogP contribution >= 0.6 is 0 Å². The van der Waals surface area contributed by atoms with Crippen molar-refractivity contribution in [2.45, 2.75) is 24.1 Å². The zero-order chi connectivity index (χ0) is 22.9. The molecule has 0 aliphatic carbocycles. The highest BCUT2D eigenvalue weighted by atomic mass is 32.2. The number of sulfone groups is 1. The molecule has 1 aromatic heterocycles. The first-order valence-electron chi connectivity index (χ1n) is 9.84. The molecule has 1 amide bonds. The van der Waals surface area contributed by atoms with Crippen molar-refractivity contribution in [1.82, 2.24) is 4.57 Å². The maximum Gasteiger partial charge on any atom is 0.244 e. The number of nitrogens with zero attached hydrogens (tertiary/aromatic N) is 1. The second kappa shape index (κ2) is 8.55. The molecular weight excluding hydrogens is 434 g/mol. The van der Waals surface area contributed by atoms with Crippen LogP contribution in [0.2, 0.25) is 0 Å². The average molecular weight is 454 g/mol. The molecule has 4 aromatic rings. The molecule has 0 unspecified atom stereocenters. The first-order valence-corrected chi connectivity index (χ1v) is 11.5. The van der Waals surface area contributed by atoms with Crippen molar-refractivity contribution in [1.29, 1.82) is 0 Å². The number of aromatic nitrogens is 1. The molecule has 0 radical (unpaired) electrons. The van der Waals surface area contributed by atoms with Gasteiger partial charge in [-0.25, -0.2) is 17.2 Å². The molecule has 0 fully saturated rings. The van der Waals surface area contributed by atoms with Crippen LogP contribution in [0.15, 0.2) is 77.8 Å².